The molecular weight excluding hydrogens is 340 g/mol. The fraction of sp³-hybridized carbons (Fsp3) is 0.278. The molecule has 2 aromatic rings. The Balaban J connectivity index is 1.68. The molecule has 1 aliphatic rings. The molecule has 1 saturated heterocycles. The number of aromatic amines is 1. The Kier molecular flexibility index (Phi) is 5.33. The van der Waals surface area contributed by atoms with Crippen molar-refractivity contribution in [2.24, 2.45) is 0 Å². The molecule has 1 amide bonds. The van der Waals surface area contributed by atoms with Crippen LogP contribution in [0.4, 0.5) is 0 Å². The molecule has 1 fully saturated rings. The Morgan fingerprint density at radius 3 is 2.65 bits per heavy atom. The number of nitrogens with one attached hydrogen (secondary N) is 2. The second-order valence-electron chi connectivity index (χ2n) is 5.86. The zero-order valence-corrected chi connectivity index (χ0v) is 13.8. The molecule has 0 spiro atoms. The second kappa shape index (κ2) is 7.83. The average Bonchev–Trinajstić information content (AvgIpc) is 2.64. The highest BCUT2D eigenvalue weighted by Gasteiger charge is 2.29. The lowest BCUT2D eigenvalue weighted by Crippen LogP contribution is -2.51. The van der Waals surface area contributed by atoms with Gasteiger partial charge in [-0.15, -0.1) is 0 Å². The van der Waals surface area contributed by atoms with Crippen LogP contribution in [0.15, 0.2) is 47.3 Å². The minimum atomic E-state index is -1.01. The van der Waals surface area contributed by atoms with Gasteiger partial charge in [0.05, 0.1) is 18.2 Å². The van der Waals surface area contributed by atoms with E-state index in [4.69, 9.17) is 14.6 Å². The molecule has 1 aromatic carbocycles. The minimum absolute atomic E-state index is 0.162. The van der Waals surface area contributed by atoms with Crippen molar-refractivity contribution in [1.29, 1.82) is 0 Å². The van der Waals surface area contributed by atoms with Gasteiger partial charge < -0.3 is 24.9 Å². The minimum Gasteiger partial charge on any atom is -0.486 e. The lowest BCUT2D eigenvalue weighted by atomic mass is 10.1. The monoisotopic (exact) mass is 358 g/mol. The van der Waals surface area contributed by atoms with Crippen LogP contribution in [-0.4, -0.2) is 47.3 Å². The fourth-order valence-electron chi connectivity index (χ4n) is 2.67. The molecule has 0 radical (unpaired) electrons. The first-order chi connectivity index (χ1) is 12.5. The summed E-state index contributed by atoms with van der Waals surface area (Å²) in [5.74, 6) is -0.929. The van der Waals surface area contributed by atoms with Gasteiger partial charge in [-0.25, -0.2) is 4.79 Å². The van der Waals surface area contributed by atoms with Crippen molar-refractivity contribution in [3.8, 4) is 5.75 Å². The summed E-state index contributed by atoms with van der Waals surface area (Å²) in [6, 6.07) is 10.1. The van der Waals surface area contributed by atoms with Crippen LogP contribution in [0.25, 0.3) is 0 Å². The van der Waals surface area contributed by atoms with Gasteiger partial charge in [0.2, 0.25) is 5.56 Å². The summed E-state index contributed by atoms with van der Waals surface area (Å²) in [7, 11) is 0. The number of benzene rings is 1. The van der Waals surface area contributed by atoms with E-state index in [2.05, 4.69) is 10.3 Å². The predicted molar refractivity (Wildman–Crippen MR) is 91.6 cm³/mol. The summed E-state index contributed by atoms with van der Waals surface area (Å²) in [6.45, 7) is 0.769. The van der Waals surface area contributed by atoms with E-state index < -0.39 is 18.0 Å². The number of carboxylic acid groups (broad SMARTS) is 1. The number of ether oxygens (including phenoxy) is 2. The quantitative estimate of drug-likeness (QED) is 0.735. The molecule has 0 unspecified atom stereocenters. The molecule has 136 valence electrons. The number of carboxylic acids is 1. The number of H-pyrrole nitrogens is 1. The van der Waals surface area contributed by atoms with Crippen LogP contribution in [0.3, 0.4) is 0 Å². The predicted octanol–water partition coefficient (Wildman–Crippen LogP) is 1.04. The standard InChI is InChI=1S/C18H18N2O6/c21-16-3-1-2-14(19-16)17(22)20-13-8-9-25-10-15(13)26-12-6-4-11(5-7-12)18(23)24/h1-7,13,15H,8-10H2,(H,19,21)(H,20,22)(H,23,24)/t13-,15-/m1/s1. The van der Waals surface area contributed by atoms with Crippen molar-refractivity contribution in [1.82, 2.24) is 10.3 Å². The van der Waals surface area contributed by atoms with Crippen LogP contribution >= 0.6 is 0 Å². The Bertz CT molecular complexity index is 845. The Labute approximate surface area is 148 Å². The third-order valence-electron chi connectivity index (χ3n) is 4.02. The molecule has 0 bridgehead atoms. The number of pyridine rings is 1. The molecule has 1 aromatic heterocycles. The van der Waals surface area contributed by atoms with Crippen LogP contribution in [0.2, 0.25) is 0 Å². The maximum Gasteiger partial charge on any atom is 0.335 e. The van der Waals surface area contributed by atoms with Crippen LogP contribution < -0.4 is 15.6 Å². The number of hydrogen-bond acceptors (Lipinski definition) is 5. The Morgan fingerprint density at radius 2 is 1.96 bits per heavy atom. The van der Waals surface area contributed by atoms with Crippen molar-refractivity contribution in [3.05, 3.63) is 64.1 Å². The topological polar surface area (TPSA) is 118 Å². The van der Waals surface area contributed by atoms with Crippen molar-refractivity contribution < 1.29 is 24.2 Å². The van der Waals surface area contributed by atoms with Crippen molar-refractivity contribution in [3.63, 3.8) is 0 Å². The Morgan fingerprint density at radius 1 is 1.19 bits per heavy atom. The molecular formula is C18H18N2O6. The van der Waals surface area contributed by atoms with Gasteiger partial charge in [-0.2, -0.15) is 0 Å². The van der Waals surface area contributed by atoms with Gasteiger partial charge in [0.1, 0.15) is 17.5 Å². The van der Waals surface area contributed by atoms with E-state index in [1.165, 1.54) is 30.3 Å². The first-order valence-corrected chi connectivity index (χ1v) is 8.11. The largest absolute Gasteiger partial charge is 0.486 e. The van der Waals surface area contributed by atoms with Gasteiger partial charge in [-0.05, 0) is 36.8 Å². The van der Waals surface area contributed by atoms with E-state index in [1.54, 1.807) is 12.1 Å². The van der Waals surface area contributed by atoms with Crippen molar-refractivity contribution in [2.45, 2.75) is 18.6 Å². The number of hydrogen-bond donors (Lipinski definition) is 3. The van der Waals surface area contributed by atoms with E-state index in [0.717, 1.165) is 0 Å². The van der Waals surface area contributed by atoms with Crippen LogP contribution in [-0.2, 0) is 4.74 Å². The molecule has 3 rings (SSSR count). The number of aromatic nitrogens is 1. The second-order valence-corrected chi connectivity index (χ2v) is 5.86. The van der Waals surface area contributed by atoms with E-state index in [-0.39, 0.29) is 29.5 Å². The SMILES string of the molecule is O=C(O)c1ccc(O[C@@H]2COCC[C@H]2NC(=O)c2cccc(=O)[nH]2)cc1. The van der Waals surface area contributed by atoms with Gasteiger partial charge in [0.15, 0.2) is 0 Å². The van der Waals surface area contributed by atoms with Crippen LogP contribution in [0, 0.1) is 0 Å². The molecule has 0 aliphatic carbocycles. The van der Waals surface area contributed by atoms with Gasteiger partial charge in [0.25, 0.3) is 5.91 Å². The zero-order valence-electron chi connectivity index (χ0n) is 13.8. The van der Waals surface area contributed by atoms with Gasteiger partial charge >= 0.3 is 5.97 Å². The van der Waals surface area contributed by atoms with Gasteiger partial charge in [-0.1, -0.05) is 6.07 Å². The lowest BCUT2D eigenvalue weighted by Gasteiger charge is -2.32. The fourth-order valence-corrected chi connectivity index (χ4v) is 2.67. The number of amides is 1. The lowest BCUT2D eigenvalue weighted by molar-refractivity contribution is -0.0135. The molecule has 2 heterocycles. The highest BCUT2D eigenvalue weighted by atomic mass is 16.5. The maximum atomic E-state index is 12.3. The molecule has 3 N–H and O–H groups in total. The molecule has 8 heteroatoms. The first kappa shape index (κ1) is 17.7. The molecule has 8 nitrogen and oxygen atoms in total. The number of carbonyl (C=O) groups is 2. The first-order valence-electron chi connectivity index (χ1n) is 8.11. The summed E-state index contributed by atoms with van der Waals surface area (Å²) in [4.78, 5) is 37.1. The third kappa shape index (κ3) is 4.28. The number of rotatable bonds is 5. The Hall–Kier alpha value is -3.13. The summed E-state index contributed by atoms with van der Waals surface area (Å²) in [6.07, 6.45) is 0.125. The molecule has 2 atom stereocenters. The average molecular weight is 358 g/mol. The van der Waals surface area contributed by atoms with E-state index in [1.807, 2.05) is 0 Å². The molecule has 1 aliphatic heterocycles. The molecule has 0 saturated carbocycles. The van der Waals surface area contributed by atoms with Gasteiger partial charge in [-0.3, -0.25) is 9.59 Å². The normalized spacial score (nSPS) is 19.5. The van der Waals surface area contributed by atoms with Crippen LogP contribution in [0.5, 0.6) is 5.75 Å². The van der Waals surface area contributed by atoms with Crippen molar-refractivity contribution >= 4 is 11.9 Å². The van der Waals surface area contributed by atoms with E-state index in [9.17, 15) is 14.4 Å². The third-order valence-corrected chi connectivity index (χ3v) is 4.02. The summed E-state index contributed by atoms with van der Waals surface area (Å²) < 4.78 is 11.3. The highest BCUT2D eigenvalue weighted by Crippen LogP contribution is 2.19. The van der Waals surface area contributed by atoms with Crippen LogP contribution in [0.1, 0.15) is 27.3 Å². The van der Waals surface area contributed by atoms with Crippen molar-refractivity contribution in [2.75, 3.05) is 13.2 Å². The zero-order chi connectivity index (χ0) is 18.5. The van der Waals surface area contributed by atoms with Gasteiger partial charge in [0, 0.05) is 12.7 Å². The summed E-state index contributed by atoms with van der Waals surface area (Å²) in [5.41, 5.74) is -0.0142. The van der Waals surface area contributed by atoms with E-state index in [0.29, 0.717) is 18.8 Å². The summed E-state index contributed by atoms with van der Waals surface area (Å²) >= 11 is 0. The summed E-state index contributed by atoms with van der Waals surface area (Å²) in [5, 5.41) is 11.8. The number of carbonyl (C=O) groups excluding carboxylic acids is 1. The maximum absolute atomic E-state index is 12.3. The highest BCUT2D eigenvalue weighted by molar-refractivity contribution is 5.92. The van der Waals surface area contributed by atoms with E-state index >= 15 is 0 Å². The number of aromatic carboxylic acids is 1. The molecule has 26 heavy (non-hydrogen) atoms. The smallest absolute Gasteiger partial charge is 0.335 e.